The van der Waals surface area contributed by atoms with Crippen LogP contribution in [0.3, 0.4) is 0 Å². The van der Waals surface area contributed by atoms with Gasteiger partial charge in [-0.15, -0.1) is 0 Å². The van der Waals surface area contributed by atoms with E-state index in [-0.39, 0.29) is 35.6 Å². The molecule has 0 aromatic heterocycles. The highest BCUT2D eigenvalue weighted by Gasteiger charge is 2.64. The molecule has 53 heavy (non-hydrogen) atoms. The Hall–Kier alpha value is -3.65. The number of allylic oxidation sites excluding steroid dienone is 3. The average Bonchev–Trinajstić information content (AvgIpc) is 3.78. The number of ether oxygens (including phenoxy) is 5. The zero-order valence-electron chi connectivity index (χ0n) is 32.8. The van der Waals surface area contributed by atoms with Crippen molar-refractivity contribution in [2.75, 3.05) is 33.2 Å². The second-order valence-corrected chi connectivity index (χ2v) is 16.3. The molecule has 4 rings (SSSR count). The molecular weight excluding hydrogens is 706 g/mol. The standard InChI is InChI=1S/C39H56ClN3O10/c1-22-13-12-14-29(50-11)39(48)21-28(51-36(47)41-39)23(2)34-38(7,53-34)30(52-35(46)24(3)42(8)31(44)15-16-37(4,5)6)20-32(45)43(9)26-18-25(17-22)19-27(49-10)33(26)40/h12-14,18-19,23-24,28-30,34,48H,15-17,20-21H2,1-11H3,(H,41,47)/b14-12+,22-13+. The number of likely N-dealkylation sites (N-methyl/N-ethyl adjacent to an activating group) is 1. The summed E-state index contributed by atoms with van der Waals surface area (Å²) in [5.74, 6) is -1.49. The minimum Gasteiger partial charge on any atom is -0.495 e. The lowest BCUT2D eigenvalue weighted by atomic mass is 9.83. The van der Waals surface area contributed by atoms with Gasteiger partial charge >= 0.3 is 12.1 Å². The maximum atomic E-state index is 14.1. The predicted molar refractivity (Wildman–Crippen MR) is 200 cm³/mol. The summed E-state index contributed by atoms with van der Waals surface area (Å²) >= 11 is 6.76. The number of rotatable bonds is 7. The van der Waals surface area contributed by atoms with E-state index in [9.17, 15) is 24.3 Å². The van der Waals surface area contributed by atoms with E-state index in [2.05, 4.69) is 5.32 Å². The monoisotopic (exact) mass is 761 g/mol. The number of carbonyl (C=O) groups is 4. The SMILES string of the molecule is COc1cc2cc(c1Cl)N(C)C(=O)CC(OC(=O)C(C)N(C)C(=O)CCC(C)(C)C)C1(C)OC1C(C)C1CC(O)(NC(=O)O1)C(OC)/C=C/C=C(\C)C2. The minimum atomic E-state index is -1.82. The van der Waals surface area contributed by atoms with Crippen LogP contribution in [0.1, 0.15) is 79.7 Å². The molecule has 4 bridgehead atoms. The Morgan fingerprint density at radius 2 is 1.91 bits per heavy atom. The number of halogens is 1. The highest BCUT2D eigenvalue weighted by Crippen LogP contribution is 2.49. The molecule has 0 aliphatic carbocycles. The van der Waals surface area contributed by atoms with Gasteiger partial charge in [0.1, 0.15) is 40.7 Å². The number of methoxy groups -OCH3 is 2. The topological polar surface area (TPSA) is 156 Å². The first-order valence-electron chi connectivity index (χ1n) is 18.0. The van der Waals surface area contributed by atoms with Crippen LogP contribution in [-0.4, -0.2) is 104 Å². The first-order chi connectivity index (χ1) is 24.6. The number of hydrogen-bond donors (Lipinski definition) is 2. The van der Waals surface area contributed by atoms with Gasteiger partial charge in [-0.05, 0) is 56.7 Å². The van der Waals surface area contributed by atoms with Gasteiger partial charge in [0.05, 0.1) is 25.3 Å². The van der Waals surface area contributed by atoms with Crippen LogP contribution < -0.4 is 15.0 Å². The molecule has 13 nitrogen and oxygen atoms in total. The summed E-state index contributed by atoms with van der Waals surface area (Å²) in [7, 11) is 6.06. The fraction of sp³-hybridized carbons (Fsp3) is 0.641. The summed E-state index contributed by atoms with van der Waals surface area (Å²) in [6, 6.07) is 2.63. The summed E-state index contributed by atoms with van der Waals surface area (Å²) in [6.45, 7) is 13.2. The summed E-state index contributed by atoms with van der Waals surface area (Å²) < 4.78 is 29.3. The van der Waals surface area contributed by atoms with E-state index in [1.807, 2.05) is 33.8 Å². The second kappa shape index (κ2) is 16.4. The molecule has 2 N–H and O–H groups in total. The molecule has 3 amide bonds. The molecule has 2 saturated heterocycles. The number of alkyl carbamates (subject to hydrolysis) is 1. The van der Waals surface area contributed by atoms with Crippen LogP contribution in [0.4, 0.5) is 10.5 Å². The number of carbonyl (C=O) groups excluding carboxylic acids is 4. The summed E-state index contributed by atoms with van der Waals surface area (Å²) in [5.41, 5.74) is -0.957. The lowest BCUT2D eigenvalue weighted by Gasteiger charge is -2.42. The van der Waals surface area contributed by atoms with Crippen molar-refractivity contribution in [3.05, 3.63) is 46.5 Å². The average molecular weight is 762 g/mol. The number of hydrogen-bond acceptors (Lipinski definition) is 10. The van der Waals surface area contributed by atoms with E-state index in [4.69, 9.17) is 35.3 Å². The van der Waals surface area contributed by atoms with Crippen molar-refractivity contribution in [2.45, 2.75) is 122 Å². The zero-order chi connectivity index (χ0) is 39.6. The molecule has 3 aliphatic heterocycles. The molecule has 2 fully saturated rings. The first kappa shape index (κ1) is 42.1. The number of fused-ring (bicyclic) bond motifs is 5. The predicted octanol–water partition coefficient (Wildman–Crippen LogP) is 5.34. The molecule has 0 spiro atoms. The summed E-state index contributed by atoms with van der Waals surface area (Å²) in [4.78, 5) is 56.6. The molecule has 3 heterocycles. The third-order valence-electron chi connectivity index (χ3n) is 10.6. The number of benzene rings is 1. The second-order valence-electron chi connectivity index (χ2n) is 16.0. The van der Waals surface area contributed by atoms with Crippen molar-refractivity contribution in [1.29, 1.82) is 0 Å². The zero-order valence-corrected chi connectivity index (χ0v) is 33.5. The molecule has 1 aromatic rings. The van der Waals surface area contributed by atoms with Gasteiger partial charge in [-0.2, -0.15) is 0 Å². The molecule has 294 valence electrons. The number of nitrogens with zero attached hydrogens (tertiary/aromatic N) is 2. The van der Waals surface area contributed by atoms with Crippen molar-refractivity contribution in [2.24, 2.45) is 11.3 Å². The Balaban J connectivity index is 1.74. The summed E-state index contributed by atoms with van der Waals surface area (Å²) in [5, 5.41) is 14.5. The van der Waals surface area contributed by atoms with Crippen molar-refractivity contribution in [1.82, 2.24) is 10.2 Å². The molecule has 8 unspecified atom stereocenters. The normalized spacial score (nSPS) is 31.5. The van der Waals surface area contributed by atoms with Gasteiger partial charge in [-0.3, -0.25) is 14.9 Å². The molecule has 0 saturated carbocycles. The maximum Gasteiger partial charge on any atom is 0.409 e. The van der Waals surface area contributed by atoms with Gasteiger partial charge < -0.3 is 38.6 Å². The van der Waals surface area contributed by atoms with E-state index in [0.29, 0.717) is 24.3 Å². The Labute approximate surface area is 317 Å². The van der Waals surface area contributed by atoms with Crippen LogP contribution in [0, 0.1) is 11.3 Å². The van der Waals surface area contributed by atoms with E-state index in [0.717, 1.165) is 11.1 Å². The lowest BCUT2D eigenvalue weighted by molar-refractivity contribution is -0.162. The van der Waals surface area contributed by atoms with Gasteiger partial charge in [0.25, 0.3) is 0 Å². The minimum absolute atomic E-state index is 0.0455. The molecule has 14 heteroatoms. The number of esters is 1. The van der Waals surface area contributed by atoms with Gasteiger partial charge in [-0.1, -0.05) is 63.1 Å². The smallest absolute Gasteiger partial charge is 0.409 e. The van der Waals surface area contributed by atoms with Crippen LogP contribution >= 0.6 is 11.6 Å². The molecular formula is C39H56ClN3O10. The van der Waals surface area contributed by atoms with Crippen LogP contribution in [0.5, 0.6) is 5.75 Å². The lowest BCUT2D eigenvalue weighted by Crippen LogP contribution is -2.63. The van der Waals surface area contributed by atoms with E-state index in [1.54, 1.807) is 59.2 Å². The van der Waals surface area contributed by atoms with Crippen LogP contribution in [0.25, 0.3) is 0 Å². The molecule has 3 aliphatic rings. The Morgan fingerprint density at radius 1 is 1.23 bits per heavy atom. The van der Waals surface area contributed by atoms with E-state index >= 15 is 0 Å². The van der Waals surface area contributed by atoms with E-state index in [1.165, 1.54) is 24.0 Å². The first-order valence-corrected chi connectivity index (χ1v) is 18.4. The van der Waals surface area contributed by atoms with Gasteiger partial charge in [0.15, 0.2) is 5.72 Å². The molecule has 1 aromatic carbocycles. The summed E-state index contributed by atoms with van der Waals surface area (Å²) in [6.07, 6.45) is 1.89. The van der Waals surface area contributed by atoms with Crippen LogP contribution in [0.2, 0.25) is 5.02 Å². The quantitative estimate of drug-likeness (QED) is 0.275. The van der Waals surface area contributed by atoms with Crippen molar-refractivity contribution < 1.29 is 48.0 Å². The fourth-order valence-electron chi connectivity index (χ4n) is 6.88. The van der Waals surface area contributed by atoms with E-state index < -0.39 is 65.7 Å². The number of nitrogens with one attached hydrogen (secondary N) is 1. The Bertz CT molecular complexity index is 1620. The fourth-order valence-corrected chi connectivity index (χ4v) is 7.19. The van der Waals surface area contributed by atoms with Crippen LogP contribution in [-0.2, 0) is 39.8 Å². The number of aliphatic hydroxyl groups is 1. The molecule has 0 radical (unpaired) electrons. The van der Waals surface area contributed by atoms with Crippen molar-refractivity contribution in [3.63, 3.8) is 0 Å². The largest absolute Gasteiger partial charge is 0.495 e. The third-order valence-corrected chi connectivity index (χ3v) is 11.0. The number of epoxide rings is 1. The third kappa shape index (κ3) is 9.72. The van der Waals surface area contributed by atoms with Crippen molar-refractivity contribution in [3.8, 4) is 5.75 Å². The van der Waals surface area contributed by atoms with Gasteiger partial charge in [0.2, 0.25) is 11.8 Å². The maximum absolute atomic E-state index is 14.1. The van der Waals surface area contributed by atoms with Gasteiger partial charge in [0, 0.05) is 40.0 Å². The Kier molecular flexibility index (Phi) is 13.0. The van der Waals surface area contributed by atoms with Crippen molar-refractivity contribution >= 4 is 41.2 Å². The molecule has 8 atom stereocenters. The highest BCUT2D eigenvalue weighted by molar-refractivity contribution is 6.35. The van der Waals surface area contributed by atoms with Crippen LogP contribution in [0.15, 0.2) is 35.9 Å². The van der Waals surface area contributed by atoms with Gasteiger partial charge in [-0.25, -0.2) is 9.59 Å². The Morgan fingerprint density at radius 3 is 2.53 bits per heavy atom. The number of amides is 3. The highest BCUT2D eigenvalue weighted by atomic mass is 35.5. The number of anilines is 1.